The lowest BCUT2D eigenvalue weighted by Crippen LogP contribution is -2.45. The summed E-state index contributed by atoms with van der Waals surface area (Å²) in [4.78, 5) is 17.2. The summed E-state index contributed by atoms with van der Waals surface area (Å²) in [7, 11) is 0. The second-order valence-electron chi connectivity index (χ2n) is 7.70. The number of aryl methyl sites for hydroxylation is 1. The molecule has 3 rings (SSSR count). The van der Waals surface area contributed by atoms with E-state index in [1.54, 1.807) is 0 Å². The summed E-state index contributed by atoms with van der Waals surface area (Å²) >= 11 is 0. The first-order valence-corrected chi connectivity index (χ1v) is 10.6. The molecule has 28 heavy (non-hydrogen) atoms. The van der Waals surface area contributed by atoms with Crippen LogP contribution in [0.4, 0.5) is 5.82 Å². The Morgan fingerprint density at radius 2 is 2.07 bits per heavy atom. The summed E-state index contributed by atoms with van der Waals surface area (Å²) in [6, 6.07) is 12.4. The molecular weight excluding hydrogens is 348 g/mol. The maximum absolute atomic E-state index is 12.9. The Labute approximate surface area is 168 Å². The number of unbranched alkanes of at least 4 members (excludes halogenated alkanes) is 1. The van der Waals surface area contributed by atoms with Crippen LogP contribution in [0.5, 0.6) is 0 Å². The van der Waals surface area contributed by atoms with Gasteiger partial charge in [0.1, 0.15) is 0 Å². The van der Waals surface area contributed by atoms with Gasteiger partial charge in [-0.25, -0.2) is 0 Å². The van der Waals surface area contributed by atoms with Gasteiger partial charge in [-0.1, -0.05) is 37.1 Å². The van der Waals surface area contributed by atoms with E-state index in [9.17, 15) is 4.79 Å². The van der Waals surface area contributed by atoms with Gasteiger partial charge >= 0.3 is 0 Å². The number of hydrogen-bond donors (Lipinski definition) is 0. The normalized spacial score (nSPS) is 16.8. The lowest BCUT2D eigenvalue weighted by molar-refractivity contribution is -0.135. The van der Waals surface area contributed by atoms with Crippen molar-refractivity contribution in [1.82, 2.24) is 15.1 Å². The second-order valence-corrected chi connectivity index (χ2v) is 7.70. The molecule has 0 spiro atoms. The number of carbonyl (C=O) groups is 1. The molecule has 1 saturated heterocycles. The van der Waals surface area contributed by atoms with Gasteiger partial charge in [-0.15, -0.1) is 10.2 Å². The molecule has 0 saturated carbocycles. The van der Waals surface area contributed by atoms with Gasteiger partial charge in [0.25, 0.3) is 0 Å². The van der Waals surface area contributed by atoms with Gasteiger partial charge in [-0.3, -0.25) is 4.79 Å². The molecule has 1 aliphatic rings. The van der Waals surface area contributed by atoms with Crippen LogP contribution in [-0.4, -0.2) is 47.2 Å². The molecule has 0 radical (unpaired) electrons. The molecule has 150 valence electrons. The Kier molecular flexibility index (Phi) is 7.01. The average molecular weight is 381 g/mol. The standard InChI is InChI=1S/C23H32N4O/c1-4-6-14-26(5-2)23(28)20-11-8-15-27(17-20)22-13-12-21(24-25-22)19-10-7-9-18(3)16-19/h7,9-10,12-13,16,20H,4-6,8,11,14-15,17H2,1-3H3/t20-/m1/s1. The number of anilines is 1. The Morgan fingerprint density at radius 3 is 2.75 bits per heavy atom. The highest BCUT2D eigenvalue weighted by molar-refractivity contribution is 5.79. The van der Waals surface area contributed by atoms with Gasteiger partial charge < -0.3 is 9.80 Å². The number of benzene rings is 1. The molecule has 1 amide bonds. The van der Waals surface area contributed by atoms with Crippen molar-refractivity contribution in [3.8, 4) is 11.3 Å². The maximum Gasteiger partial charge on any atom is 0.227 e. The Balaban J connectivity index is 1.67. The van der Waals surface area contributed by atoms with Crippen molar-refractivity contribution < 1.29 is 4.79 Å². The topological polar surface area (TPSA) is 49.3 Å². The van der Waals surface area contributed by atoms with Gasteiger partial charge in [0, 0.05) is 31.7 Å². The van der Waals surface area contributed by atoms with Crippen molar-refractivity contribution in [2.45, 2.75) is 46.5 Å². The van der Waals surface area contributed by atoms with E-state index in [1.807, 2.05) is 23.1 Å². The van der Waals surface area contributed by atoms with E-state index in [0.717, 1.165) is 68.9 Å². The molecule has 1 fully saturated rings. The van der Waals surface area contributed by atoms with Crippen molar-refractivity contribution >= 4 is 11.7 Å². The van der Waals surface area contributed by atoms with E-state index in [4.69, 9.17) is 0 Å². The van der Waals surface area contributed by atoms with Crippen molar-refractivity contribution in [3.05, 3.63) is 42.0 Å². The third-order valence-electron chi connectivity index (χ3n) is 5.53. The summed E-state index contributed by atoms with van der Waals surface area (Å²) in [6.45, 7) is 9.65. The molecule has 2 heterocycles. The van der Waals surface area contributed by atoms with E-state index in [2.05, 4.69) is 54.1 Å². The molecule has 1 aromatic heterocycles. The minimum absolute atomic E-state index is 0.0591. The molecule has 5 nitrogen and oxygen atoms in total. The highest BCUT2D eigenvalue weighted by Gasteiger charge is 2.29. The average Bonchev–Trinajstić information content (AvgIpc) is 2.74. The molecule has 1 atom stereocenters. The van der Waals surface area contributed by atoms with Crippen molar-refractivity contribution in [2.24, 2.45) is 5.92 Å². The first-order valence-electron chi connectivity index (χ1n) is 10.6. The summed E-state index contributed by atoms with van der Waals surface area (Å²) in [5.41, 5.74) is 3.18. The summed E-state index contributed by atoms with van der Waals surface area (Å²) < 4.78 is 0. The van der Waals surface area contributed by atoms with Crippen LogP contribution >= 0.6 is 0 Å². The Morgan fingerprint density at radius 1 is 1.21 bits per heavy atom. The predicted molar refractivity (Wildman–Crippen MR) is 114 cm³/mol. The van der Waals surface area contributed by atoms with Crippen LogP contribution in [-0.2, 0) is 4.79 Å². The quantitative estimate of drug-likeness (QED) is 0.718. The molecule has 1 aromatic carbocycles. The zero-order valence-electron chi connectivity index (χ0n) is 17.4. The predicted octanol–water partition coefficient (Wildman–Crippen LogP) is 4.32. The largest absolute Gasteiger partial charge is 0.354 e. The maximum atomic E-state index is 12.9. The first-order chi connectivity index (χ1) is 13.6. The Hall–Kier alpha value is -2.43. The van der Waals surface area contributed by atoms with E-state index in [1.165, 1.54) is 5.56 Å². The van der Waals surface area contributed by atoms with Crippen LogP contribution in [0.1, 0.15) is 45.1 Å². The van der Waals surface area contributed by atoms with Crippen molar-refractivity contribution in [2.75, 3.05) is 31.1 Å². The van der Waals surface area contributed by atoms with Crippen LogP contribution in [0.2, 0.25) is 0 Å². The zero-order chi connectivity index (χ0) is 19.9. The van der Waals surface area contributed by atoms with Crippen LogP contribution in [0, 0.1) is 12.8 Å². The van der Waals surface area contributed by atoms with Gasteiger partial charge in [0.15, 0.2) is 5.82 Å². The van der Waals surface area contributed by atoms with Crippen LogP contribution in [0.15, 0.2) is 36.4 Å². The number of carbonyl (C=O) groups excluding carboxylic acids is 1. The summed E-state index contributed by atoms with van der Waals surface area (Å²) in [6.07, 6.45) is 4.17. The fraction of sp³-hybridized carbons (Fsp3) is 0.522. The highest BCUT2D eigenvalue weighted by atomic mass is 16.2. The van der Waals surface area contributed by atoms with Gasteiger partial charge in [-0.05, 0) is 51.3 Å². The monoisotopic (exact) mass is 380 g/mol. The summed E-state index contributed by atoms with van der Waals surface area (Å²) in [5, 5.41) is 8.91. The number of nitrogens with zero attached hydrogens (tertiary/aromatic N) is 4. The zero-order valence-corrected chi connectivity index (χ0v) is 17.4. The minimum Gasteiger partial charge on any atom is -0.354 e. The second kappa shape index (κ2) is 9.67. The van der Waals surface area contributed by atoms with E-state index >= 15 is 0 Å². The fourth-order valence-corrected chi connectivity index (χ4v) is 3.87. The molecule has 0 N–H and O–H groups in total. The highest BCUT2D eigenvalue weighted by Crippen LogP contribution is 2.25. The molecule has 0 aliphatic carbocycles. The third kappa shape index (κ3) is 4.89. The first kappa shape index (κ1) is 20.3. The fourth-order valence-electron chi connectivity index (χ4n) is 3.87. The summed E-state index contributed by atoms with van der Waals surface area (Å²) in [5.74, 6) is 1.22. The number of hydrogen-bond acceptors (Lipinski definition) is 4. The molecule has 1 aliphatic heterocycles. The lowest BCUT2D eigenvalue weighted by atomic mass is 9.96. The smallest absolute Gasteiger partial charge is 0.227 e. The lowest BCUT2D eigenvalue weighted by Gasteiger charge is -2.35. The minimum atomic E-state index is 0.0591. The number of aromatic nitrogens is 2. The third-order valence-corrected chi connectivity index (χ3v) is 5.53. The van der Waals surface area contributed by atoms with E-state index in [0.29, 0.717) is 5.91 Å². The Bertz CT molecular complexity index is 774. The van der Waals surface area contributed by atoms with Gasteiger partial charge in [0.2, 0.25) is 5.91 Å². The van der Waals surface area contributed by atoms with Crippen molar-refractivity contribution in [1.29, 1.82) is 0 Å². The molecular formula is C23H32N4O. The molecule has 2 aromatic rings. The molecule has 0 unspecified atom stereocenters. The van der Waals surface area contributed by atoms with Crippen LogP contribution in [0.3, 0.4) is 0 Å². The number of piperidine rings is 1. The van der Waals surface area contributed by atoms with Crippen LogP contribution < -0.4 is 4.90 Å². The number of rotatable bonds is 7. The van der Waals surface area contributed by atoms with Gasteiger partial charge in [0.05, 0.1) is 11.6 Å². The van der Waals surface area contributed by atoms with Gasteiger partial charge in [-0.2, -0.15) is 0 Å². The van der Waals surface area contributed by atoms with Crippen molar-refractivity contribution in [3.63, 3.8) is 0 Å². The SMILES string of the molecule is CCCCN(CC)C(=O)[C@@H]1CCCN(c2ccc(-c3cccc(C)c3)nn2)C1. The van der Waals surface area contributed by atoms with E-state index < -0.39 is 0 Å². The molecule has 0 bridgehead atoms. The van der Waals surface area contributed by atoms with E-state index in [-0.39, 0.29) is 5.92 Å². The number of amides is 1. The molecule has 5 heteroatoms. The van der Waals surface area contributed by atoms with Crippen LogP contribution in [0.25, 0.3) is 11.3 Å².